The summed E-state index contributed by atoms with van der Waals surface area (Å²) >= 11 is 0. The summed E-state index contributed by atoms with van der Waals surface area (Å²) in [6, 6.07) is 25.4. The minimum absolute atomic E-state index is 1.05. The van der Waals surface area contributed by atoms with E-state index in [2.05, 4.69) is 67.6 Å². The maximum Gasteiger partial charge on any atom is 0.0788 e. The Morgan fingerprint density at radius 3 is 2.29 bits per heavy atom. The van der Waals surface area contributed by atoms with Gasteiger partial charge in [0.15, 0.2) is 0 Å². The summed E-state index contributed by atoms with van der Waals surface area (Å²) in [5.41, 5.74) is 4.54. The number of aryl methyl sites for hydroxylation is 1. The Labute approximate surface area is 123 Å². The first-order valence-electron chi connectivity index (χ1n) is 7.17. The third-order valence-electron chi connectivity index (χ3n) is 3.90. The van der Waals surface area contributed by atoms with Crippen LogP contribution in [0, 0.1) is 6.92 Å². The second-order valence-electron chi connectivity index (χ2n) is 5.39. The molecule has 4 rings (SSSR count). The second kappa shape index (κ2) is 4.71. The van der Waals surface area contributed by atoms with Crippen molar-refractivity contribution in [3.8, 4) is 11.3 Å². The topological polar surface area (TPSA) is 12.9 Å². The Morgan fingerprint density at radius 2 is 1.43 bits per heavy atom. The molecule has 1 nitrogen and oxygen atoms in total. The van der Waals surface area contributed by atoms with Gasteiger partial charge in [-0.15, -0.1) is 0 Å². The van der Waals surface area contributed by atoms with E-state index in [0.717, 1.165) is 11.2 Å². The van der Waals surface area contributed by atoms with Gasteiger partial charge in [0.1, 0.15) is 0 Å². The Balaban J connectivity index is 2.20. The molecule has 1 heteroatoms. The van der Waals surface area contributed by atoms with E-state index in [1.54, 1.807) is 0 Å². The fraction of sp³-hybridized carbons (Fsp3) is 0.0500. The van der Waals surface area contributed by atoms with E-state index < -0.39 is 0 Å². The average Bonchev–Trinajstić information content (AvgIpc) is 2.54. The zero-order chi connectivity index (χ0) is 14.2. The van der Waals surface area contributed by atoms with Crippen LogP contribution < -0.4 is 0 Å². The lowest BCUT2D eigenvalue weighted by molar-refractivity contribution is 1.41. The van der Waals surface area contributed by atoms with Crippen molar-refractivity contribution < 1.29 is 0 Å². The van der Waals surface area contributed by atoms with Gasteiger partial charge in [-0.05, 0) is 24.4 Å². The lowest BCUT2D eigenvalue weighted by atomic mass is 9.98. The lowest BCUT2D eigenvalue weighted by Gasteiger charge is -2.10. The van der Waals surface area contributed by atoms with Crippen molar-refractivity contribution in [3.63, 3.8) is 0 Å². The van der Waals surface area contributed by atoms with Crippen LogP contribution in [-0.4, -0.2) is 4.98 Å². The Kier molecular flexibility index (Phi) is 2.71. The molecule has 0 bridgehead atoms. The van der Waals surface area contributed by atoms with Crippen LogP contribution in [0.25, 0.3) is 32.9 Å². The van der Waals surface area contributed by atoms with Crippen LogP contribution >= 0.6 is 0 Å². The molecule has 0 radical (unpaired) electrons. The highest BCUT2D eigenvalue weighted by Gasteiger charge is 2.09. The predicted molar refractivity (Wildman–Crippen MR) is 89.4 cm³/mol. The van der Waals surface area contributed by atoms with E-state index in [4.69, 9.17) is 4.98 Å². The first-order valence-corrected chi connectivity index (χ1v) is 7.17. The highest BCUT2D eigenvalue weighted by atomic mass is 14.7. The molecule has 0 saturated carbocycles. The molecule has 21 heavy (non-hydrogen) atoms. The van der Waals surface area contributed by atoms with Crippen molar-refractivity contribution >= 4 is 21.7 Å². The number of para-hydroxylation sites is 1. The number of nitrogens with zero attached hydrogens (tertiary/aromatic N) is 1. The number of aromatic nitrogens is 1. The molecule has 100 valence electrons. The van der Waals surface area contributed by atoms with Crippen molar-refractivity contribution in [3.05, 3.63) is 78.4 Å². The van der Waals surface area contributed by atoms with Crippen LogP contribution in [0.3, 0.4) is 0 Å². The molecule has 0 aliphatic rings. The first kappa shape index (κ1) is 12.1. The van der Waals surface area contributed by atoms with Crippen LogP contribution in [0.4, 0.5) is 0 Å². The Bertz CT molecular complexity index is 940. The summed E-state index contributed by atoms with van der Waals surface area (Å²) in [5.74, 6) is 0. The smallest absolute Gasteiger partial charge is 0.0788 e. The molecule has 0 aliphatic carbocycles. The van der Waals surface area contributed by atoms with Crippen molar-refractivity contribution in [2.75, 3.05) is 0 Å². The number of pyridine rings is 1. The summed E-state index contributed by atoms with van der Waals surface area (Å²) in [7, 11) is 0. The molecule has 0 fully saturated rings. The summed E-state index contributed by atoms with van der Waals surface area (Å²) in [5, 5.41) is 3.71. The van der Waals surface area contributed by atoms with E-state index in [1.165, 1.54) is 27.3 Å². The molecular formula is C20H15N. The maximum absolute atomic E-state index is 4.91. The standard InChI is InChI=1S/C20H15N/c1-14-11-12-16-17-9-5-6-10-19(17)21-20(18(16)13-14)15-7-3-2-4-8-15/h2-13H,1H3. The first-order chi connectivity index (χ1) is 10.3. The largest absolute Gasteiger partial charge is 0.247 e. The number of rotatable bonds is 1. The zero-order valence-corrected chi connectivity index (χ0v) is 11.9. The average molecular weight is 269 g/mol. The number of hydrogen-bond donors (Lipinski definition) is 0. The third-order valence-corrected chi connectivity index (χ3v) is 3.90. The van der Waals surface area contributed by atoms with Gasteiger partial charge >= 0.3 is 0 Å². The molecule has 0 N–H and O–H groups in total. The summed E-state index contributed by atoms with van der Waals surface area (Å²) in [4.78, 5) is 4.91. The van der Waals surface area contributed by atoms with Gasteiger partial charge in [0.2, 0.25) is 0 Å². The number of fused-ring (bicyclic) bond motifs is 3. The van der Waals surface area contributed by atoms with Crippen LogP contribution in [0.2, 0.25) is 0 Å². The monoisotopic (exact) mass is 269 g/mol. The van der Waals surface area contributed by atoms with Gasteiger partial charge in [0.05, 0.1) is 11.2 Å². The molecule has 0 aliphatic heterocycles. The quantitative estimate of drug-likeness (QED) is 0.424. The molecule has 0 amide bonds. The van der Waals surface area contributed by atoms with Gasteiger partial charge in [-0.25, -0.2) is 4.98 Å². The summed E-state index contributed by atoms with van der Waals surface area (Å²) < 4.78 is 0. The molecule has 0 saturated heterocycles. The van der Waals surface area contributed by atoms with Gasteiger partial charge in [-0.3, -0.25) is 0 Å². The molecule has 4 aromatic rings. The van der Waals surface area contributed by atoms with Crippen LogP contribution in [0.5, 0.6) is 0 Å². The SMILES string of the molecule is Cc1ccc2c(c1)c(-c1ccccc1)nc1ccccc12. The lowest BCUT2D eigenvalue weighted by Crippen LogP contribution is -1.90. The Morgan fingerprint density at radius 1 is 0.667 bits per heavy atom. The fourth-order valence-corrected chi connectivity index (χ4v) is 2.88. The van der Waals surface area contributed by atoms with Gasteiger partial charge < -0.3 is 0 Å². The fourth-order valence-electron chi connectivity index (χ4n) is 2.88. The molecule has 0 unspecified atom stereocenters. The highest BCUT2D eigenvalue weighted by molar-refractivity contribution is 6.10. The zero-order valence-electron chi connectivity index (χ0n) is 11.9. The second-order valence-corrected chi connectivity index (χ2v) is 5.39. The number of benzene rings is 3. The van der Waals surface area contributed by atoms with E-state index in [1.807, 2.05) is 12.1 Å². The van der Waals surface area contributed by atoms with Crippen LogP contribution in [-0.2, 0) is 0 Å². The van der Waals surface area contributed by atoms with Crippen molar-refractivity contribution in [2.45, 2.75) is 6.92 Å². The number of hydrogen-bond acceptors (Lipinski definition) is 1. The van der Waals surface area contributed by atoms with Crippen molar-refractivity contribution in [2.24, 2.45) is 0 Å². The van der Waals surface area contributed by atoms with Crippen molar-refractivity contribution in [1.29, 1.82) is 0 Å². The van der Waals surface area contributed by atoms with E-state index in [-0.39, 0.29) is 0 Å². The molecule has 0 atom stereocenters. The molecule has 3 aromatic carbocycles. The van der Waals surface area contributed by atoms with Gasteiger partial charge in [-0.1, -0.05) is 66.2 Å². The molecule has 1 aromatic heterocycles. The van der Waals surface area contributed by atoms with Crippen LogP contribution in [0.1, 0.15) is 5.56 Å². The van der Waals surface area contributed by atoms with Crippen molar-refractivity contribution in [1.82, 2.24) is 4.98 Å². The normalized spacial score (nSPS) is 11.1. The van der Waals surface area contributed by atoms with E-state index in [9.17, 15) is 0 Å². The van der Waals surface area contributed by atoms with E-state index >= 15 is 0 Å². The molecule has 0 spiro atoms. The summed E-state index contributed by atoms with van der Waals surface area (Å²) in [6.45, 7) is 2.13. The minimum Gasteiger partial charge on any atom is -0.247 e. The van der Waals surface area contributed by atoms with Gasteiger partial charge in [-0.2, -0.15) is 0 Å². The highest BCUT2D eigenvalue weighted by Crippen LogP contribution is 2.32. The van der Waals surface area contributed by atoms with Gasteiger partial charge in [0, 0.05) is 16.3 Å². The van der Waals surface area contributed by atoms with Gasteiger partial charge in [0.25, 0.3) is 0 Å². The predicted octanol–water partition coefficient (Wildman–Crippen LogP) is 5.36. The molecular weight excluding hydrogens is 254 g/mol. The maximum atomic E-state index is 4.91. The van der Waals surface area contributed by atoms with Crippen LogP contribution in [0.15, 0.2) is 72.8 Å². The van der Waals surface area contributed by atoms with E-state index in [0.29, 0.717) is 0 Å². The minimum atomic E-state index is 1.05. The molecule has 1 heterocycles. The Hall–Kier alpha value is -2.67. The third kappa shape index (κ3) is 1.98. The summed E-state index contributed by atoms with van der Waals surface area (Å²) in [6.07, 6.45) is 0.